The van der Waals surface area contributed by atoms with Crippen LogP contribution in [0.15, 0.2) is 41.0 Å². The highest BCUT2D eigenvalue weighted by atomic mass is 79.9. The summed E-state index contributed by atoms with van der Waals surface area (Å²) in [6.07, 6.45) is 0. The number of benzene rings is 1. The summed E-state index contributed by atoms with van der Waals surface area (Å²) in [5.41, 5.74) is 0.675. The Hall–Kier alpha value is -1.42. The third kappa shape index (κ3) is 2.29. The lowest BCUT2D eigenvalue weighted by molar-refractivity contribution is -0.132. The molecule has 0 aliphatic rings. The SMILES string of the molecule is C=NC(C(=O)O)=C(Br)c1ccccc1. The molecule has 0 heterocycles. The van der Waals surface area contributed by atoms with Crippen molar-refractivity contribution in [3.8, 4) is 0 Å². The third-order valence-electron chi connectivity index (χ3n) is 1.60. The molecule has 1 rings (SSSR count). The van der Waals surface area contributed by atoms with Crippen molar-refractivity contribution in [1.82, 2.24) is 0 Å². The van der Waals surface area contributed by atoms with E-state index >= 15 is 0 Å². The molecule has 4 heteroatoms. The van der Waals surface area contributed by atoms with Gasteiger partial charge in [-0.3, -0.25) is 4.99 Å². The van der Waals surface area contributed by atoms with E-state index in [4.69, 9.17) is 5.11 Å². The van der Waals surface area contributed by atoms with Gasteiger partial charge >= 0.3 is 5.97 Å². The molecule has 0 saturated heterocycles. The van der Waals surface area contributed by atoms with E-state index in [0.717, 1.165) is 5.56 Å². The van der Waals surface area contributed by atoms with Gasteiger partial charge in [0.05, 0.1) is 4.48 Å². The second-order valence-corrected chi connectivity index (χ2v) is 3.28. The summed E-state index contributed by atoms with van der Waals surface area (Å²) in [4.78, 5) is 14.2. The zero-order valence-corrected chi connectivity index (χ0v) is 8.86. The Morgan fingerprint density at radius 2 is 1.93 bits per heavy atom. The van der Waals surface area contributed by atoms with Crippen molar-refractivity contribution in [2.24, 2.45) is 4.99 Å². The van der Waals surface area contributed by atoms with Gasteiger partial charge in [-0.05, 0) is 28.2 Å². The van der Waals surface area contributed by atoms with E-state index in [9.17, 15) is 4.79 Å². The predicted octanol–water partition coefficient (Wildman–Crippen LogP) is 2.54. The van der Waals surface area contributed by atoms with Crippen LogP contribution in [0, 0.1) is 0 Å². The number of carboxylic acid groups (broad SMARTS) is 1. The first kappa shape index (κ1) is 10.7. The standard InChI is InChI=1S/C10H8BrNO2/c1-12-9(10(13)14)8(11)7-5-3-2-4-6-7/h2-6H,1H2,(H,13,14). The molecule has 0 spiro atoms. The Bertz CT molecular complexity index is 384. The van der Waals surface area contributed by atoms with Gasteiger partial charge in [-0.2, -0.15) is 0 Å². The van der Waals surface area contributed by atoms with E-state index in [-0.39, 0.29) is 5.70 Å². The van der Waals surface area contributed by atoms with Crippen LogP contribution < -0.4 is 0 Å². The van der Waals surface area contributed by atoms with Crippen LogP contribution in [0.1, 0.15) is 5.56 Å². The molecule has 72 valence electrons. The Balaban J connectivity index is 3.21. The average molecular weight is 254 g/mol. The summed E-state index contributed by atoms with van der Waals surface area (Å²) in [6, 6.07) is 9.07. The predicted molar refractivity (Wildman–Crippen MR) is 59.5 cm³/mol. The second-order valence-electron chi connectivity index (χ2n) is 2.49. The molecule has 14 heavy (non-hydrogen) atoms. The van der Waals surface area contributed by atoms with Crippen LogP contribution in [0.25, 0.3) is 4.48 Å². The molecular formula is C10H8BrNO2. The summed E-state index contributed by atoms with van der Waals surface area (Å²) in [7, 11) is 0. The molecule has 0 saturated carbocycles. The van der Waals surface area contributed by atoms with E-state index in [2.05, 4.69) is 27.6 Å². The second kappa shape index (κ2) is 4.72. The van der Waals surface area contributed by atoms with E-state index in [1.54, 1.807) is 12.1 Å². The van der Waals surface area contributed by atoms with Crippen LogP contribution in [0.3, 0.4) is 0 Å². The van der Waals surface area contributed by atoms with Crippen molar-refractivity contribution in [2.45, 2.75) is 0 Å². The van der Waals surface area contributed by atoms with Crippen LogP contribution in [0.5, 0.6) is 0 Å². The molecule has 0 bridgehead atoms. The van der Waals surface area contributed by atoms with Gasteiger partial charge in [0.25, 0.3) is 0 Å². The molecular weight excluding hydrogens is 246 g/mol. The summed E-state index contributed by atoms with van der Waals surface area (Å²) in [6.45, 7) is 3.21. The van der Waals surface area contributed by atoms with Crippen molar-refractivity contribution in [3.05, 3.63) is 41.6 Å². The maximum absolute atomic E-state index is 10.7. The minimum atomic E-state index is -1.10. The number of aliphatic imine (C=N–C) groups is 1. The topological polar surface area (TPSA) is 49.7 Å². The Labute approximate surface area is 89.9 Å². The van der Waals surface area contributed by atoms with Gasteiger partial charge in [0.15, 0.2) is 5.70 Å². The molecule has 1 aromatic carbocycles. The zero-order valence-electron chi connectivity index (χ0n) is 7.27. The molecule has 0 unspecified atom stereocenters. The van der Waals surface area contributed by atoms with Crippen molar-refractivity contribution in [3.63, 3.8) is 0 Å². The zero-order chi connectivity index (χ0) is 10.6. The molecule has 0 aliphatic carbocycles. The smallest absolute Gasteiger partial charge is 0.355 e. The summed E-state index contributed by atoms with van der Waals surface area (Å²) in [5.74, 6) is -1.10. The lowest BCUT2D eigenvalue weighted by atomic mass is 10.2. The van der Waals surface area contributed by atoms with Gasteiger partial charge in [-0.25, -0.2) is 4.79 Å². The van der Waals surface area contributed by atoms with Gasteiger partial charge < -0.3 is 5.11 Å². The lowest BCUT2D eigenvalue weighted by Crippen LogP contribution is -1.99. The van der Waals surface area contributed by atoms with Gasteiger partial charge in [-0.1, -0.05) is 30.3 Å². The fourth-order valence-corrected chi connectivity index (χ4v) is 1.51. The van der Waals surface area contributed by atoms with Crippen LogP contribution in [0.2, 0.25) is 0 Å². The fraction of sp³-hybridized carbons (Fsp3) is 0. The van der Waals surface area contributed by atoms with Gasteiger partial charge in [0.1, 0.15) is 0 Å². The number of carbonyl (C=O) groups is 1. The van der Waals surface area contributed by atoms with E-state index in [1.807, 2.05) is 18.2 Å². The summed E-state index contributed by atoms with van der Waals surface area (Å²) < 4.78 is 0.431. The van der Waals surface area contributed by atoms with E-state index < -0.39 is 5.97 Å². The number of rotatable bonds is 3. The van der Waals surface area contributed by atoms with Crippen molar-refractivity contribution in [1.29, 1.82) is 0 Å². The Kier molecular flexibility index (Phi) is 3.59. The Morgan fingerprint density at radius 3 is 2.36 bits per heavy atom. The molecule has 0 atom stereocenters. The fourth-order valence-electron chi connectivity index (χ4n) is 0.952. The number of hydrogen-bond acceptors (Lipinski definition) is 2. The highest BCUT2D eigenvalue weighted by Gasteiger charge is 2.11. The molecule has 0 fully saturated rings. The first-order chi connectivity index (χ1) is 6.66. The minimum absolute atomic E-state index is 0.0869. The van der Waals surface area contributed by atoms with Gasteiger partial charge in [-0.15, -0.1) is 0 Å². The molecule has 0 aromatic heterocycles. The normalized spacial score (nSPS) is 11.8. The highest BCUT2D eigenvalue weighted by Crippen LogP contribution is 2.25. The molecule has 0 amide bonds. The van der Waals surface area contributed by atoms with Gasteiger partial charge in [0.2, 0.25) is 0 Å². The number of halogens is 1. The number of hydrogen-bond donors (Lipinski definition) is 1. The van der Waals surface area contributed by atoms with E-state index in [1.165, 1.54) is 0 Å². The first-order valence-electron chi connectivity index (χ1n) is 3.82. The molecule has 3 nitrogen and oxygen atoms in total. The van der Waals surface area contributed by atoms with Crippen LogP contribution in [-0.2, 0) is 4.79 Å². The monoisotopic (exact) mass is 253 g/mol. The molecule has 1 aromatic rings. The third-order valence-corrected chi connectivity index (χ3v) is 2.43. The number of aliphatic carboxylic acids is 1. The van der Waals surface area contributed by atoms with Gasteiger partial charge in [0, 0.05) is 0 Å². The van der Waals surface area contributed by atoms with Crippen LogP contribution in [0.4, 0.5) is 0 Å². The quantitative estimate of drug-likeness (QED) is 0.665. The van der Waals surface area contributed by atoms with E-state index in [0.29, 0.717) is 4.48 Å². The number of carboxylic acids is 1. The molecule has 1 N–H and O–H groups in total. The molecule has 0 aliphatic heterocycles. The van der Waals surface area contributed by atoms with Crippen molar-refractivity contribution in [2.75, 3.05) is 0 Å². The highest BCUT2D eigenvalue weighted by molar-refractivity contribution is 9.15. The maximum atomic E-state index is 10.7. The van der Waals surface area contributed by atoms with Crippen molar-refractivity contribution >= 4 is 33.1 Å². The largest absolute Gasteiger partial charge is 0.476 e. The summed E-state index contributed by atoms with van der Waals surface area (Å²) >= 11 is 3.18. The van der Waals surface area contributed by atoms with Crippen LogP contribution in [-0.4, -0.2) is 17.8 Å². The van der Waals surface area contributed by atoms with Crippen LogP contribution >= 0.6 is 15.9 Å². The first-order valence-corrected chi connectivity index (χ1v) is 4.61. The molecule has 0 radical (unpaired) electrons. The average Bonchev–Trinajstić information content (AvgIpc) is 2.19. The maximum Gasteiger partial charge on any atom is 0.355 e. The lowest BCUT2D eigenvalue weighted by Gasteiger charge is -2.01. The van der Waals surface area contributed by atoms with Crippen molar-refractivity contribution < 1.29 is 9.90 Å². The Morgan fingerprint density at radius 1 is 1.36 bits per heavy atom. The number of nitrogens with zero attached hydrogens (tertiary/aromatic N) is 1. The minimum Gasteiger partial charge on any atom is -0.476 e. The summed E-state index contributed by atoms with van der Waals surface area (Å²) in [5, 5.41) is 8.78.